The van der Waals surface area contributed by atoms with E-state index in [9.17, 15) is 14.4 Å². The molecule has 2 amide bonds. The summed E-state index contributed by atoms with van der Waals surface area (Å²) in [4.78, 5) is 36.3. The van der Waals surface area contributed by atoms with Crippen LogP contribution in [0.3, 0.4) is 0 Å². The van der Waals surface area contributed by atoms with Crippen molar-refractivity contribution in [2.24, 2.45) is 0 Å². The van der Waals surface area contributed by atoms with Crippen LogP contribution in [0.4, 0.5) is 0 Å². The first-order chi connectivity index (χ1) is 15.0. The first-order valence-electron chi connectivity index (χ1n) is 11.2. The molecule has 0 saturated carbocycles. The number of hydrogen-bond donors (Lipinski definition) is 2. The predicted molar refractivity (Wildman–Crippen MR) is 119 cm³/mol. The number of unbranched alkanes of at least 4 members (excludes halogenated alkanes) is 1. The maximum absolute atomic E-state index is 12.2. The van der Waals surface area contributed by atoms with Gasteiger partial charge in [-0.05, 0) is 69.7 Å². The summed E-state index contributed by atoms with van der Waals surface area (Å²) >= 11 is 0. The van der Waals surface area contributed by atoms with Gasteiger partial charge in [-0.25, -0.2) is 0 Å². The Kier molecular flexibility index (Phi) is 10.6. The molecule has 1 aliphatic rings. The molecule has 1 aliphatic carbocycles. The molecule has 7 nitrogen and oxygen atoms in total. The van der Waals surface area contributed by atoms with E-state index in [0.717, 1.165) is 32.1 Å². The van der Waals surface area contributed by atoms with Crippen LogP contribution in [0.15, 0.2) is 35.9 Å². The molecule has 1 atom stereocenters. The summed E-state index contributed by atoms with van der Waals surface area (Å²) in [5.74, 6) is -0.695. The number of ether oxygens (including phenoxy) is 2. The molecule has 0 unspecified atom stereocenters. The Morgan fingerprint density at radius 2 is 1.87 bits per heavy atom. The molecule has 170 valence electrons. The zero-order valence-corrected chi connectivity index (χ0v) is 18.6. The number of amides is 2. The molecule has 0 radical (unpaired) electrons. The van der Waals surface area contributed by atoms with Crippen molar-refractivity contribution in [1.82, 2.24) is 10.6 Å². The van der Waals surface area contributed by atoms with Crippen LogP contribution in [0.2, 0.25) is 0 Å². The highest BCUT2D eigenvalue weighted by atomic mass is 16.5. The van der Waals surface area contributed by atoms with Crippen LogP contribution in [0, 0.1) is 0 Å². The second kappa shape index (κ2) is 13.5. The summed E-state index contributed by atoms with van der Waals surface area (Å²) in [5.41, 5.74) is 1.79. The molecule has 1 aromatic carbocycles. The van der Waals surface area contributed by atoms with Gasteiger partial charge in [-0.1, -0.05) is 25.0 Å². The van der Waals surface area contributed by atoms with E-state index in [2.05, 4.69) is 23.6 Å². The molecule has 0 heterocycles. The Morgan fingerprint density at radius 3 is 2.55 bits per heavy atom. The minimum absolute atomic E-state index is 0.307. The average molecular weight is 431 g/mol. The maximum atomic E-state index is 12.2. The van der Waals surface area contributed by atoms with E-state index in [4.69, 9.17) is 9.47 Å². The van der Waals surface area contributed by atoms with Gasteiger partial charge >= 0.3 is 5.97 Å². The molecule has 31 heavy (non-hydrogen) atoms. The van der Waals surface area contributed by atoms with Crippen molar-refractivity contribution in [3.63, 3.8) is 0 Å². The van der Waals surface area contributed by atoms with E-state index in [1.807, 2.05) is 0 Å². The first-order valence-corrected chi connectivity index (χ1v) is 11.2. The molecule has 0 bridgehead atoms. The van der Waals surface area contributed by atoms with Gasteiger partial charge in [0.25, 0.3) is 11.8 Å². The Hall–Kier alpha value is -2.83. The van der Waals surface area contributed by atoms with Crippen LogP contribution in [-0.2, 0) is 14.3 Å². The number of allylic oxidation sites excluding steroid dienone is 1. The molecule has 1 aromatic rings. The van der Waals surface area contributed by atoms with Crippen LogP contribution < -0.4 is 15.4 Å². The van der Waals surface area contributed by atoms with Gasteiger partial charge in [0.15, 0.2) is 6.10 Å². The van der Waals surface area contributed by atoms with Crippen molar-refractivity contribution in [3.05, 3.63) is 41.5 Å². The Morgan fingerprint density at radius 1 is 1.10 bits per heavy atom. The monoisotopic (exact) mass is 430 g/mol. The third-order valence-electron chi connectivity index (χ3n) is 5.08. The number of nitrogens with one attached hydrogen (secondary N) is 2. The van der Waals surface area contributed by atoms with Gasteiger partial charge in [0.1, 0.15) is 12.3 Å². The third-order valence-corrected chi connectivity index (χ3v) is 5.08. The molecule has 2 rings (SSSR count). The Balaban J connectivity index is 1.65. The summed E-state index contributed by atoms with van der Waals surface area (Å²) in [5, 5.41) is 5.30. The van der Waals surface area contributed by atoms with Gasteiger partial charge in [-0.2, -0.15) is 0 Å². The molecule has 0 spiro atoms. The van der Waals surface area contributed by atoms with Crippen molar-refractivity contribution < 1.29 is 23.9 Å². The summed E-state index contributed by atoms with van der Waals surface area (Å²) in [7, 11) is 0. The van der Waals surface area contributed by atoms with Gasteiger partial charge in [0.2, 0.25) is 0 Å². The normalized spacial score (nSPS) is 14.2. The highest BCUT2D eigenvalue weighted by Crippen LogP contribution is 2.19. The highest BCUT2D eigenvalue weighted by Gasteiger charge is 2.18. The van der Waals surface area contributed by atoms with Crippen LogP contribution in [0.25, 0.3) is 0 Å². The van der Waals surface area contributed by atoms with Crippen molar-refractivity contribution in [3.8, 4) is 5.75 Å². The zero-order valence-electron chi connectivity index (χ0n) is 18.6. The highest BCUT2D eigenvalue weighted by molar-refractivity contribution is 5.96. The molecule has 0 saturated heterocycles. The third kappa shape index (κ3) is 9.24. The summed E-state index contributed by atoms with van der Waals surface area (Å²) in [6.45, 7) is 4.47. The molecule has 0 fully saturated rings. The predicted octanol–water partition coefficient (Wildman–Crippen LogP) is 3.53. The van der Waals surface area contributed by atoms with Gasteiger partial charge in [-0.3, -0.25) is 14.4 Å². The number of rotatable bonds is 12. The van der Waals surface area contributed by atoms with Gasteiger partial charge < -0.3 is 20.1 Å². The topological polar surface area (TPSA) is 93.7 Å². The molecule has 0 aromatic heterocycles. The Labute approximate surface area is 184 Å². The lowest BCUT2D eigenvalue weighted by molar-refractivity contribution is -0.153. The lowest BCUT2D eigenvalue weighted by atomic mass is 9.97. The summed E-state index contributed by atoms with van der Waals surface area (Å²) < 4.78 is 10.7. The van der Waals surface area contributed by atoms with E-state index in [1.165, 1.54) is 25.3 Å². The number of carbonyl (C=O) groups is 3. The van der Waals surface area contributed by atoms with Gasteiger partial charge in [0, 0.05) is 12.1 Å². The lowest BCUT2D eigenvalue weighted by Gasteiger charge is -2.16. The van der Waals surface area contributed by atoms with Crippen LogP contribution in [0.1, 0.15) is 69.2 Å². The summed E-state index contributed by atoms with van der Waals surface area (Å²) in [6, 6.07) is 6.72. The SMILES string of the molecule is CCCCOc1ccc(C(=O)NCC(=O)O[C@@H](C)C(=O)NCCC2=CCCCC2)cc1. The lowest BCUT2D eigenvalue weighted by Crippen LogP contribution is -2.39. The largest absolute Gasteiger partial charge is 0.494 e. The molecule has 7 heteroatoms. The quantitative estimate of drug-likeness (QED) is 0.301. The fraction of sp³-hybridized carbons (Fsp3) is 0.542. The van der Waals surface area contributed by atoms with Gasteiger partial charge in [-0.15, -0.1) is 0 Å². The van der Waals surface area contributed by atoms with E-state index in [-0.39, 0.29) is 12.5 Å². The number of esters is 1. The fourth-order valence-corrected chi connectivity index (χ4v) is 3.21. The number of hydrogen-bond acceptors (Lipinski definition) is 5. The minimum atomic E-state index is -0.913. The molecular weight excluding hydrogens is 396 g/mol. The first kappa shape index (κ1) is 24.4. The van der Waals surface area contributed by atoms with Crippen molar-refractivity contribution >= 4 is 17.8 Å². The van der Waals surface area contributed by atoms with E-state index in [1.54, 1.807) is 24.3 Å². The molecule has 2 N–H and O–H groups in total. The summed E-state index contributed by atoms with van der Waals surface area (Å²) in [6.07, 6.45) is 8.82. The second-order valence-corrected chi connectivity index (χ2v) is 7.69. The average Bonchev–Trinajstić information content (AvgIpc) is 2.78. The van der Waals surface area contributed by atoms with Crippen molar-refractivity contribution in [2.75, 3.05) is 19.7 Å². The zero-order chi connectivity index (χ0) is 22.5. The number of benzene rings is 1. The standard InChI is InChI=1S/C24H34N2O5/c1-3-4-16-30-21-12-10-20(11-13-21)24(29)26-17-22(27)31-18(2)23(28)25-15-14-19-8-6-5-7-9-19/h8,10-13,18H,3-7,9,14-17H2,1-2H3,(H,25,28)(H,26,29)/t18-/m0/s1. The van der Waals surface area contributed by atoms with Crippen molar-refractivity contribution in [2.45, 2.75) is 64.9 Å². The van der Waals surface area contributed by atoms with Gasteiger partial charge in [0.05, 0.1) is 6.61 Å². The fourth-order valence-electron chi connectivity index (χ4n) is 3.21. The second-order valence-electron chi connectivity index (χ2n) is 7.69. The Bertz CT molecular complexity index is 758. The van der Waals surface area contributed by atoms with Crippen molar-refractivity contribution in [1.29, 1.82) is 0 Å². The van der Waals surface area contributed by atoms with E-state index < -0.39 is 18.0 Å². The number of carbonyl (C=O) groups excluding carboxylic acids is 3. The molecule has 0 aliphatic heterocycles. The maximum Gasteiger partial charge on any atom is 0.326 e. The minimum Gasteiger partial charge on any atom is -0.494 e. The molecular formula is C24H34N2O5. The van der Waals surface area contributed by atoms with E-state index in [0.29, 0.717) is 24.5 Å². The smallest absolute Gasteiger partial charge is 0.326 e. The van der Waals surface area contributed by atoms with Crippen LogP contribution in [0.5, 0.6) is 5.75 Å². The van der Waals surface area contributed by atoms with E-state index >= 15 is 0 Å². The van der Waals surface area contributed by atoms with Crippen LogP contribution in [-0.4, -0.2) is 43.6 Å². The van der Waals surface area contributed by atoms with Crippen LogP contribution >= 0.6 is 0 Å².